The highest BCUT2D eigenvalue weighted by Crippen LogP contribution is 2.24. The molecule has 120 valence electrons. The fraction of sp³-hybridized carbons (Fsp3) is 0.353. The van der Waals surface area contributed by atoms with Crippen LogP contribution in [-0.4, -0.2) is 27.1 Å². The van der Waals surface area contributed by atoms with Crippen LogP contribution in [0.15, 0.2) is 34.2 Å². The predicted octanol–water partition coefficient (Wildman–Crippen LogP) is 4.00. The first-order valence-electron chi connectivity index (χ1n) is 7.55. The lowest BCUT2D eigenvalue weighted by Gasteiger charge is -2.20. The molecule has 2 aromatic heterocycles. The Bertz CT molecular complexity index is 795. The molecule has 0 radical (unpaired) electrons. The number of aromatic nitrogens is 3. The average molecular weight is 328 g/mol. The summed E-state index contributed by atoms with van der Waals surface area (Å²) in [6, 6.07) is 8.08. The summed E-state index contributed by atoms with van der Waals surface area (Å²) in [4.78, 5) is 11.2. The van der Waals surface area contributed by atoms with Gasteiger partial charge in [0.15, 0.2) is 0 Å². The van der Waals surface area contributed by atoms with E-state index in [0.717, 1.165) is 28.4 Å². The number of benzene rings is 1. The molecule has 23 heavy (non-hydrogen) atoms. The van der Waals surface area contributed by atoms with E-state index in [0.29, 0.717) is 11.7 Å². The Morgan fingerprint density at radius 2 is 2.00 bits per heavy atom. The highest BCUT2D eigenvalue weighted by atomic mass is 32.1. The smallest absolute Gasteiger partial charge is 0.244 e. The Morgan fingerprint density at radius 3 is 2.70 bits per heavy atom. The Balaban J connectivity index is 1.75. The van der Waals surface area contributed by atoms with Crippen LogP contribution >= 0.6 is 11.3 Å². The molecular weight excluding hydrogens is 308 g/mol. The first-order chi connectivity index (χ1) is 11.0. The number of nitrogens with zero attached hydrogens (tertiary/aromatic N) is 4. The molecule has 2 heterocycles. The van der Waals surface area contributed by atoms with Gasteiger partial charge in [0.1, 0.15) is 0 Å². The monoisotopic (exact) mass is 328 g/mol. The lowest BCUT2D eigenvalue weighted by atomic mass is 10.1. The molecule has 0 N–H and O–H groups in total. The molecular formula is C17H20N4OS. The molecule has 0 fully saturated rings. The average Bonchev–Trinajstić information content (AvgIpc) is 3.16. The third-order valence-corrected chi connectivity index (χ3v) is 4.75. The molecule has 0 saturated heterocycles. The Kier molecular flexibility index (Phi) is 4.54. The third-order valence-electron chi connectivity index (χ3n) is 3.92. The van der Waals surface area contributed by atoms with Gasteiger partial charge in [-0.3, -0.25) is 4.90 Å². The van der Waals surface area contributed by atoms with Crippen LogP contribution in [-0.2, 0) is 6.54 Å². The maximum Gasteiger partial charge on any atom is 0.244 e. The van der Waals surface area contributed by atoms with Gasteiger partial charge in [0.05, 0.1) is 16.7 Å². The summed E-state index contributed by atoms with van der Waals surface area (Å²) in [5, 5.41) is 7.31. The van der Waals surface area contributed by atoms with Gasteiger partial charge in [0.2, 0.25) is 11.7 Å². The van der Waals surface area contributed by atoms with Crippen LogP contribution in [0.1, 0.15) is 35.1 Å². The van der Waals surface area contributed by atoms with Gasteiger partial charge >= 0.3 is 0 Å². The van der Waals surface area contributed by atoms with Gasteiger partial charge in [0.25, 0.3) is 0 Å². The van der Waals surface area contributed by atoms with Crippen molar-refractivity contribution in [3.63, 3.8) is 0 Å². The number of aryl methyl sites for hydroxylation is 2. The van der Waals surface area contributed by atoms with Crippen molar-refractivity contribution in [3.8, 4) is 11.4 Å². The fourth-order valence-corrected chi connectivity index (χ4v) is 3.00. The van der Waals surface area contributed by atoms with Gasteiger partial charge in [-0.05, 0) is 33.4 Å². The zero-order valence-electron chi connectivity index (χ0n) is 13.8. The van der Waals surface area contributed by atoms with Crippen LogP contribution in [0, 0.1) is 13.8 Å². The van der Waals surface area contributed by atoms with Crippen molar-refractivity contribution < 1.29 is 4.52 Å². The molecule has 0 bridgehead atoms. The van der Waals surface area contributed by atoms with Crippen molar-refractivity contribution in [3.05, 3.63) is 51.8 Å². The molecule has 3 aromatic rings. The molecule has 0 amide bonds. The van der Waals surface area contributed by atoms with Crippen molar-refractivity contribution in [1.29, 1.82) is 0 Å². The summed E-state index contributed by atoms with van der Waals surface area (Å²) < 4.78 is 5.48. The van der Waals surface area contributed by atoms with E-state index in [1.165, 1.54) is 0 Å². The van der Waals surface area contributed by atoms with Gasteiger partial charge in [-0.2, -0.15) is 4.98 Å². The highest BCUT2D eigenvalue weighted by molar-refractivity contribution is 7.09. The quantitative estimate of drug-likeness (QED) is 0.708. The molecule has 6 heteroatoms. The standard InChI is InChI=1S/C17H20N4OS/c1-11-7-5-6-8-15(11)16-19-17(22-20-16)12(2)21(4)9-14-10-23-13(3)18-14/h5-8,10,12H,9H2,1-4H3. The minimum absolute atomic E-state index is 0.0299. The van der Waals surface area contributed by atoms with Crippen LogP contribution in [0.5, 0.6) is 0 Å². The zero-order chi connectivity index (χ0) is 16.4. The zero-order valence-corrected chi connectivity index (χ0v) is 14.6. The minimum Gasteiger partial charge on any atom is -0.337 e. The lowest BCUT2D eigenvalue weighted by Crippen LogP contribution is -2.22. The molecule has 0 aliphatic rings. The van der Waals surface area contributed by atoms with Crippen LogP contribution in [0.2, 0.25) is 0 Å². The number of thiazole rings is 1. The normalized spacial score (nSPS) is 12.7. The molecule has 0 saturated carbocycles. The molecule has 5 nitrogen and oxygen atoms in total. The van der Waals surface area contributed by atoms with Gasteiger partial charge in [-0.25, -0.2) is 4.98 Å². The van der Waals surface area contributed by atoms with E-state index in [4.69, 9.17) is 4.52 Å². The first-order valence-corrected chi connectivity index (χ1v) is 8.43. The van der Waals surface area contributed by atoms with E-state index in [1.54, 1.807) is 11.3 Å². The van der Waals surface area contributed by atoms with E-state index in [1.807, 2.05) is 45.2 Å². The number of rotatable bonds is 5. The molecule has 0 spiro atoms. The Hall–Kier alpha value is -2.05. The van der Waals surface area contributed by atoms with E-state index in [2.05, 4.69) is 32.3 Å². The van der Waals surface area contributed by atoms with Crippen LogP contribution in [0.3, 0.4) is 0 Å². The lowest BCUT2D eigenvalue weighted by molar-refractivity contribution is 0.201. The minimum atomic E-state index is 0.0299. The molecule has 0 aliphatic heterocycles. The maximum atomic E-state index is 5.48. The van der Waals surface area contributed by atoms with Crippen LogP contribution < -0.4 is 0 Å². The van der Waals surface area contributed by atoms with Crippen molar-refractivity contribution in [1.82, 2.24) is 20.0 Å². The second kappa shape index (κ2) is 6.60. The van der Waals surface area contributed by atoms with Gasteiger partial charge < -0.3 is 4.52 Å². The molecule has 1 aromatic carbocycles. The highest BCUT2D eigenvalue weighted by Gasteiger charge is 2.20. The summed E-state index contributed by atoms with van der Waals surface area (Å²) >= 11 is 1.67. The van der Waals surface area contributed by atoms with E-state index >= 15 is 0 Å². The van der Waals surface area contributed by atoms with Gasteiger partial charge in [-0.1, -0.05) is 29.4 Å². The second-order valence-corrected chi connectivity index (χ2v) is 6.78. The van der Waals surface area contributed by atoms with E-state index in [-0.39, 0.29) is 6.04 Å². The predicted molar refractivity (Wildman–Crippen MR) is 91.2 cm³/mol. The topological polar surface area (TPSA) is 55.1 Å². The largest absolute Gasteiger partial charge is 0.337 e. The van der Waals surface area contributed by atoms with Crippen molar-refractivity contribution >= 4 is 11.3 Å². The van der Waals surface area contributed by atoms with E-state index < -0.39 is 0 Å². The Labute approximate surface area is 140 Å². The summed E-state index contributed by atoms with van der Waals surface area (Å²) in [6.07, 6.45) is 0. The van der Waals surface area contributed by atoms with Crippen molar-refractivity contribution in [2.75, 3.05) is 7.05 Å². The van der Waals surface area contributed by atoms with Crippen LogP contribution in [0.25, 0.3) is 11.4 Å². The van der Waals surface area contributed by atoms with E-state index in [9.17, 15) is 0 Å². The molecule has 3 rings (SSSR count). The SMILES string of the molecule is Cc1nc(CN(C)C(C)c2nc(-c3ccccc3C)no2)cs1. The van der Waals surface area contributed by atoms with Crippen molar-refractivity contribution in [2.45, 2.75) is 33.4 Å². The van der Waals surface area contributed by atoms with Gasteiger partial charge in [0, 0.05) is 17.5 Å². The van der Waals surface area contributed by atoms with Crippen molar-refractivity contribution in [2.24, 2.45) is 0 Å². The van der Waals surface area contributed by atoms with Gasteiger partial charge in [-0.15, -0.1) is 11.3 Å². The summed E-state index contributed by atoms with van der Waals surface area (Å²) in [5.41, 5.74) is 3.21. The Morgan fingerprint density at radius 1 is 1.22 bits per heavy atom. The number of hydrogen-bond donors (Lipinski definition) is 0. The molecule has 1 unspecified atom stereocenters. The molecule has 1 atom stereocenters. The fourth-order valence-electron chi connectivity index (χ4n) is 2.40. The second-order valence-electron chi connectivity index (χ2n) is 5.72. The molecule has 0 aliphatic carbocycles. The first kappa shape index (κ1) is 15.8. The summed E-state index contributed by atoms with van der Waals surface area (Å²) in [7, 11) is 2.04. The number of hydrogen-bond acceptors (Lipinski definition) is 6. The van der Waals surface area contributed by atoms with Crippen LogP contribution in [0.4, 0.5) is 0 Å². The summed E-state index contributed by atoms with van der Waals surface area (Å²) in [5.74, 6) is 1.26. The third kappa shape index (κ3) is 3.48. The summed E-state index contributed by atoms with van der Waals surface area (Å²) in [6.45, 7) is 6.89. The maximum absolute atomic E-state index is 5.48.